The fourth-order valence-electron chi connectivity index (χ4n) is 2.32. The zero-order valence-electron chi connectivity index (χ0n) is 18.1. The minimum absolute atomic E-state index is 0.372. The van der Waals surface area contributed by atoms with Gasteiger partial charge in [-0.3, -0.25) is 0 Å². The molecule has 4 N–H and O–H groups in total. The molecule has 0 radical (unpaired) electrons. The number of anilines is 2. The average Bonchev–Trinajstić information content (AvgIpc) is 2.58. The highest BCUT2D eigenvalue weighted by Gasteiger charge is 2.23. The quantitative estimate of drug-likeness (QED) is 0.348. The highest BCUT2D eigenvalue weighted by atomic mass is 33.1. The second-order valence-corrected chi connectivity index (χ2v) is 10.9. The van der Waals surface area contributed by atoms with E-state index in [9.17, 15) is 9.59 Å². The summed E-state index contributed by atoms with van der Waals surface area (Å²) in [4.78, 5) is 26.6. The molecule has 0 saturated heterocycles. The lowest BCUT2D eigenvalue weighted by Gasteiger charge is -2.21. The number of esters is 2. The molecule has 2 rings (SSSR count). The fraction of sp³-hybridized carbons (Fsp3) is 0.364. The van der Waals surface area contributed by atoms with Gasteiger partial charge >= 0.3 is 11.9 Å². The van der Waals surface area contributed by atoms with Crippen LogP contribution in [0.4, 0.5) is 11.4 Å². The average molecular weight is 449 g/mol. The molecule has 2 aromatic carbocycles. The third kappa shape index (κ3) is 7.18. The smallest absolute Gasteiger partial charge is 0.339 e. The van der Waals surface area contributed by atoms with E-state index in [0.29, 0.717) is 32.3 Å². The molecule has 162 valence electrons. The predicted octanol–water partition coefficient (Wildman–Crippen LogP) is 5.56. The Morgan fingerprint density at radius 3 is 1.33 bits per heavy atom. The summed E-state index contributed by atoms with van der Waals surface area (Å²) in [7, 11) is 2.66. The maximum absolute atomic E-state index is 12.6. The van der Waals surface area contributed by atoms with Crippen LogP contribution in [0.25, 0.3) is 0 Å². The van der Waals surface area contributed by atoms with Crippen molar-refractivity contribution in [2.45, 2.75) is 62.5 Å². The molecule has 0 amide bonds. The maximum atomic E-state index is 12.6. The molecule has 0 unspecified atom stereocenters. The first kappa shape index (κ1) is 24.0. The van der Waals surface area contributed by atoms with Crippen molar-refractivity contribution in [2.75, 3.05) is 11.5 Å². The summed E-state index contributed by atoms with van der Waals surface area (Å²) in [5.74, 6) is -0.912. The van der Waals surface area contributed by atoms with Crippen molar-refractivity contribution in [3.63, 3.8) is 0 Å². The van der Waals surface area contributed by atoms with E-state index in [4.69, 9.17) is 20.9 Å². The van der Waals surface area contributed by atoms with Gasteiger partial charge in [-0.1, -0.05) is 21.6 Å². The summed E-state index contributed by atoms with van der Waals surface area (Å²) in [5.41, 5.74) is 12.2. The Balaban J connectivity index is 2.30. The minimum atomic E-state index is -0.627. The third-order valence-electron chi connectivity index (χ3n) is 3.47. The van der Waals surface area contributed by atoms with E-state index in [2.05, 4.69) is 0 Å². The Morgan fingerprint density at radius 1 is 0.700 bits per heavy atom. The SMILES string of the molecule is CC(C)(C)OC(=O)c1cc(N)ccc1SSc1ccc(N)cc1C(=O)OC(C)(C)C. The number of hydrogen-bond acceptors (Lipinski definition) is 8. The van der Waals surface area contributed by atoms with E-state index >= 15 is 0 Å². The van der Waals surface area contributed by atoms with Gasteiger partial charge in [0.05, 0.1) is 11.1 Å². The standard InChI is InChI=1S/C22H28N2O4S2/c1-21(2,3)27-19(25)15-11-13(23)7-9-17(15)29-30-18-10-8-14(24)12-16(18)20(26)28-22(4,5)6/h7-12H,23-24H2,1-6H3. The first-order chi connectivity index (χ1) is 13.7. The van der Waals surface area contributed by atoms with Gasteiger partial charge in [0.2, 0.25) is 0 Å². The Labute approximate surface area is 185 Å². The molecule has 0 bridgehead atoms. The van der Waals surface area contributed by atoms with E-state index in [1.807, 2.05) is 0 Å². The number of benzene rings is 2. The lowest BCUT2D eigenvalue weighted by atomic mass is 10.1. The van der Waals surface area contributed by atoms with Crippen molar-refractivity contribution >= 4 is 44.9 Å². The van der Waals surface area contributed by atoms with Crippen LogP contribution in [0.5, 0.6) is 0 Å². The molecule has 8 heteroatoms. The molecule has 0 saturated carbocycles. The van der Waals surface area contributed by atoms with E-state index in [-0.39, 0.29) is 0 Å². The summed E-state index contributed by atoms with van der Waals surface area (Å²) >= 11 is 0. The molecule has 30 heavy (non-hydrogen) atoms. The first-order valence-electron chi connectivity index (χ1n) is 9.35. The lowest BCUT2D eigenvalue weighted by molar-refractivity contribution is 0.00531. The van der Waals surface area contributed by atoms with E-state index in [1.54, 1.807) is 77.9 Å². The van der Waals surface area contributed by atoms with Gasteiger partial charge in [0, 0.05) is 21.2 Å². The zero-order chi connectivity index (χ0) is 22.7. The largest absolute Gasteiger partial charge is 0.456 e. The van der Waals surface area contributed by atoms with E-state index in [0.717, 1.165) is 0 Å². The maximum Gasteiger partial charge on any atom is 0.339 e. The number of carbonyl (C=O) groups is 2. The molecule has 0 heterocycles. The summed E-state index contributed by atoms with van der Waals surface area (Å²) in [6, 6.07) is 10.1. The van der Waals surface area contributed by atoms with Crippen molar-refractivity contribution in [1.82, 2.24) is 0 Å². The van der Waals surface area contributed by atoms with Crippen molar-refractivity contribution in [3.05, 3.63) is 47.5 Å². The highest BCUT2D eigenvalue weighted by Crippen LogP contribution is 2.42. The van der Waals surface area contributed by atoms with Crippen LogP contribution in [0.15, 0.2) is 46.2 Å². The first-order valence-corrected chi connectivity index (χ1v) is 11.5. The molecule has 0 aliphatic heterocycles. The Hall–Kier alpha value is -2.32. The van der Waals surface area contributed by atoms with Gasteiger partial charge in [0.15, 0.2) is 0 Å². The van der Waals surface area contributed by atoms with Crippen LogP contribution in [0.2, 0.25) is 0 Å². The van der Waals surface area contributed by atoms with Crippen molar-refractivity contribution in [2.24, 2.45) is 0 Å². The Bertz CT molecular complexity index is 870. The highest BCUT2D eigenvalue weighted by molar-refractivity contribution is 8.76. The Morgan fingerprint density at radius 2 is 1.03 bits per heavy atom. The summed E-state index contributed by atoms with van der Waals surface area (Å²) < 4.78 is 11.0. The van der Waals surface area contributed by atoms with Gasteiger partial charge in [-0.05, 0) is 77.9 Å². The molecule has 2 aromatic rings. The number of nitrogen functional groups attached to an aromatic ring is 2. The van der Waals surface area contributed by atoms with Gasteiger partial charge < -0.3 is 20.9 Å². The topological polar surface area (TPSA) is 105 Å². The van der Waals surface area contributed by atoms with Gasteiger partial charge in [-0.15, -0.1) is 0 Å². The zero-order valence-corrected chi connectivity index (χ0v) is 19.7. The normalized spacial score (nSPS) is 11.8. The van der Waals surface area contributed by atoms with Crippen LogP contribution in [0, 0.1) is 0 Å². The number of ether oxygens (including phenoxy) is 2. The van der Waals surface area contributed by atoms with E-state index in [1.165, 1.54) is 21.6 Å². The Kier molecular flexibility index (Phi) is 7.36. The summed E-state index contributed by atoms with van der Waals surface area (Å²) in [6.07, 6.45) is 0. The third-order valence-corrected chi connectivity index (χ3v) is 5.95. The van der Waals surface area contributed by atoms with Crippen LogP contribution in [-0.2, 0) is 9.47 Å². The monoisotopic (exact) mass is 448 g/mol. The van der Waals surface area contributed by atoms with Crippen LogP contribution in [-0.4, -0.2) is 23.1 Å². The molecule has 0 spiro atoms. The molecule has 0 atom stereocenters. The number of carbonyl (C=O) groups excluding carboxylic acids is 2. The molecule has 0 aliphatic carbocycles. The molecular weight excluding hydrogens is 420 g/mol. The second kappa shape index (κ2) is 9.22. The van der Waals surface area contributed by atoms with Gasteiger partial charge in [-0.25, -0.2) is 9.59 Å². The van der Waals surface area contributed by atoms with E-state index < -0.39 is 23.1 Å². The predicted molar refractivity (Wildman–Crippen MR) is 124 cm³/mol. The van der Waals surface area contributed by atoms with Crippen LogP contribution >= 0.6 is 21.6 Å². The van der Waals surface area contributed by atoms with Gasteiger partial charge in [0.1, 0.15) is 11.2 Å². The van der Waals surface area contributed by atoms with Crippen molar-refractivity contribution in [1.29, 1.82) is 0 Å². The van der Waals surface area contributed by atoms with Crippen LogP contribution in [0.3, 0.4) is 0 Å². The molecular formula is C22H28N2O4S2. The molecule has 6 nitrogen and oxygen atoms in total. The minimum Gasteiger partial charge on any atom is -0.456 e. The number of hydrogen-bond donors (Lipinski definition) is 2. The number of nitrogens with two attached hydrogens (primary N) is 2. The summed E-state index contributed by atoms with van der Waals surface area (Å²) in [6.45, 7) is 10.8. The fourth-order valence-corrected chi connectivity index (χ4v) is 4.62. The molecule has 0 fully saturated rings. The number of rotatable bonds is 5. The van der Waals surface area contributed by atoms with Crippen molar-refractivity contribution < 1.29 is 19.1 Å². The lowest BCUT2D eigenvalue weighted by Crippen LogP contribution is -2.24. The van der Waals surface area contributed by atoms with Gasteiger partial charge in [0.25, 0.3) is 0 Å². The molecule has 0 aliphatic rings. The van der Waals surface area contributed by atoms with Crippen LogP contribution < -0.4 is 11.5 Å². The van der Waals surface area contributed by atoms with Crippen LogP contribution in [0.1, 0.15) is 62.3 Å². The van der Waals surface area contributed by atoms with Crippen molar-refractivity contribution in [3.8, 4) is 0 Å². The summed E-state index contributed by atoms with van der Waals surface area (Å²) in [5, 5.41) is 0. The van der Waals surface area contributed by atoms with Gasteiger partial charge in [-0.2, -0.15) is 0 Å². The molecule has 0 aromatic heterocycles. The second-order valence-electron chi connectivity index (χ2n) is 8.68.